The minimum Gasteiger partial charge on any atom is -0.481 e. The Bertz CT molecular complexity index is 467. The highest BCUT2D eigenvalue weighted by Crippen LogP contribution is 2.27. The van der Waals surface area contributed by atoms with Crippen LogP contribution in [0.25, 0.3) is 0 Å². The number of piperidine rings is 1. The smallest absolute Gasteiger partial charge is 0.307 e. The van der Waals surface area contributed by atoms with Crippen molar-refractivity contribution < 1.29 is 9.90 Å². The van der Waals surface area contributed by atoms with Crippen molar-refractivity contribution in [2.75, 3.05) is 19.3 Å². The van der Waals surface area contributed by atoms with Gasteiger partial charge in [-0.15, -0.1) is 11.8 Å². The number of nitrogens with zero attached hydrogens (tertiary/aromatic N) is 1. The number of hydrogen-bond acceptors (Lipinski definition) is 3. The van der Waals surface area contributed by atoms with Crippen molar-refractivity contribution in [2.45, 2.75) is 24.3 Å². The Morgan fingerprint density at radius 3 is 3.05 bits per heavy atom. The second kappa shape index (κ2) is 6.77. The van der Waals surface area contributed by atoms with E-state index < -0.39 is 5.97 Å². The van der Waals surface area contributed by atoms with Crippen LogP contribution in [0.5, 0.6) is 0 Å². The second-order valence-corrected chi connectivity index (χ2v) is 6.63. The van der Waals surface area contributed by atoms with Gasteiger partial charge < -0.3 is 5.11 Å². The number of thioether (sulfide) groups is 1. The second-order valence-electron chi connectivity index (χ2n) is 4.87. The van der Waals surface area contributed by atoms with Gasteiger partial charge in [-0.25, -0.2) is 0 Å². The fraction of sp³-hybridized carbons (Fsp3) is 0.500. The Morgan fingerprint density at radius 1 is 1.58 bits per heavy atom. The van der Waals surface area contributed by atoms with Crippen molar-refractivity contribution >= 4 is 33.7 Å². The maximum atomic E-state index is 11.1. The van der Waals surface area contributed by atoms with Crippen LogP contribution < -0.4 is 0 Å². The van der Waals surface area contributed by atoms with Crippen LogP contribution in [-0.2, 0) is 11.3 Å². The third kappa shape index (κ3) is 3.97. The molecule has 0 spiro atoms. The molecule has 1 aromatic carbocycles. The SMILES string of the molecule is CSc1cc(Br)ccc1CN1CCCC(C(=O)O)C1. The fourth-order valence-electron chi connectivity index (χ4n) is 2.49. The first kappa shape index (κ1) is 14.9. The molecule has 5 heteroatoms. The van der Waals surface area contributed by atoms with Crippen LogP contribution in [0.15, 0.2) is 27.6 Å². The van der Waals surface area contributed by atoms with E-state index in [1.807, 2.05) is 6.07 Å². The van der Waals surface area contributed by atoms with Crippen LogP contribution >= 0.6 is 27.7 Å². The Morgan fingerprint density at radius 2 is 2.37 bits per heavy atom. The molecule has 0 saturated carbocycles. The maximum absolute atomic E-state index is 11.1. The summed E-state index contributed by atoms with van der Waals surface area (Å²) in [5.41, 5.74) is 1.28. The molecule has 2 rings (SSSR count). The van der Waals surface area contributed by atoms with Crippen molar-refractivity contribution in [2.24, 2.45) is 5.92 Å². The first-order valence-electron chi connectivity index (χ1n) is 6.37. The summed E-state index contributed by atoms with van der Waals surface area (Å²) >= 11 is 5.22. The summed E-state index contributed by atoms with van der Waals surface area (Å²) in [5.74, 6) is -0.868. The van der Waals surface area contributed by atoms with Gasteiger partial charge in [0.1, 0.15) is 0 Å². The summed E-state index contributed by atoms with van der Waals surface area (Å²) in [7, 11) is 0. The van der Waals surface area contributed by atoms with E-state index in [0.717, 1.165) is 30.4 Å². The zero-order valence-electron chi connectivity index (χ0n) is 10.9. The molecule has 1 atom stereocenters. The van der Waals surface area contributed by atoms with Crippen LogP contribution in [-0.4, -0.2) is 35.3 Å². The van der Waals surface area contributed by atoms with E-state index in [2.05, 4.69) is 39.2 Å². The van der Waals surface area contributed by atoms with Gasteiger partial charge in [0.2, 0.25) is 0 Å². The molecule has 1 saturated heterocycles. The monoisotopic (exact) mass is 343 g/mol. The van der Waals surface area contributed by atoms with Crippen molar-refractivity contribution in [3.63, 3.8) is 0 Å². The number of carboxylic acid groups (broad SMARTS) is 1. The third-order valence-corrected chi connectivity index (χ3v) is 4.81. The van der Waals surface area contributed by atoms with Gasteiger partial charge in [-0.05, 0) is 43.3 Å². The number of rotatable bonds is 4. The quantitative estimate of drug-likeness (QED) is 0.850. The van der Waals surface area contributed by atoms with Gasteiger partial charge in [0.15, 0.2) is 0 Å². The van der Waals surface area contributed by atoms with Crippen molar-refractivity contribution in [3.8, 4) is 0 Å². The van der Waals surface area contributed by atoms with Crippen molar-refractivity contribution in [3.05, 3.63) is 28.2 Å². The van der Waals surface area contributed by atoms with E-state index in [0.29, 0.717) is 6.54 Å². The molecule has 104 valence electrons. The number of carbonyl (C=O) groups is 1. The van der Waals surface area contributed by atoms with Gasteiger partial charge >= 0.3 is 5.97 Å². The standard InChI is InChI=1S/C14H18BrNO2S/c1-19-13-7-12(15)5-4-10(13)8-16-6-2-3-11(9-16)14(17)18/h4-5,7,11H,2-3,6,8-9H2,1H3,(H,17,18). The summed E-state index contributed by atoms with van der Waals surface area (Å²) in [6.07, 6.45) is 3.85. The average Bonchev–Trinajstić information content (AvgIpc) is 2.41. The molecule has 0 aromatic heterocycles. The number of likely N-dealkylation sites (tertiary alicyclic amines) is 1. The molecule has 1 aliphatic rings. The highest BCUT2D eigenvalue weighted by Gasteiger charge is 2.25. The number of hydrogen-bond donors (Lipinski definition) is 1. The summed E-state index contributed by atoms with van der Waals surface area (Å²) < 4.78 is 1.09. The Balaban J connectivity index is 2.06. The molecule has 1 unspecified atom stereocenters. The third-order valence-electron chi connectivity index (χ3n) is 3.50. The van der Waals surface area contributed by atoms with Crippen LogP contribution in [0.4, 0.5) is 0 Å². The lowest BCUT2D eigenvalue weighted by Gasteiger charge is -2.31. The molecule has 0 amide bonds. The summed E-state index contributed by atoms with van der Waals surface area (Å²) in [6.45, 7) is 2.50. The van der Waals surface area contributed by atoms with Gasteiger partial charge in [0.05, 0.1) is 5.92 Å². The molecule has 3 nitrogen and oxygen atoms in total. The molecule has 1 fully saturated rings. The van der Waals surface area contributed by atoms with Crippen LogP contribution in [0.1, 0.15) is 18.4 Å². The van der Waals surface area contributed by atoms with E-state index in [-0.39, 0.29) is 5.92 Å². The Kier molecular flexibility index (Phi) is 5.30. The molecule has 0 aliphatic carbocycles. The van der Waals surface area contributed by atoms with Crippen LogP contribution in [0, 0.1) is 5.92 Å². The van der Waals surface area contributed by atoms with Crippen LogP contribution in [0.2, 0.25) is 0 Å². The first-order valence-corrected chi connectivity index (χ1v) is 8.39. The normalized spacial score (nSPS) is 20.4. The molecule has 0 bridgehead atoms. The van der Waals surface area contributed by atoms with Crippen molar-refractivity contribution in [1.29, 1.82) is 0 Å². The number of carboxylic acids is 1. The fourth-order valence-corrected chi connectivity index (χ4v) is 3.64. The topological polar surface area (TPSA) is 40.5 Å². The number of benzene rings is 1. The predicted molar refractivity (Wildman–Crippen MR) is 81.6 cm³/mol. The summed E-state index contributed by atoms with van der Waals surface area (Å²) in [6, 6.07) is 6.30. The molecule has 1 aromatic rings. The molecule has 19 heavy (non-hydrogen) atoms. The van der Waals surface area contributed by atoms with Crippen LogP contribution in [0.3, 0.4) is 0 Å². The Labute approximate surface area is 126 Å². The molecule has 1 aliphatic heterocycles. The largest absolute Gasteiger partial charge is 0.481 e. The number of halogens is 1. The summed E-state index contributed by atoms with van der Waals surface area (Å²) in [4.78, 5) is 14.6. The Hall–Kier alpha value is -0.520. The molecular weight excluding hydrogens is 326 g/mol. The van der Waals surface area contributed by atoms with E-state index in [1.165, 1.54) is 10.5 Å². The molecular formula is C14H18BrNO2S. The molecule has 0 radical (unpaired) electrons. The van der Waals surface area contributed by atoms with Gasteiger partial charge in [-0.3, -0.25) is 9.69 Å². The van der Waals surface area contributed by atoms with E-state index in [4.69, 9.17) is 5.11 Å². The van der Waals surface area contributed by atoms with Gasteiger partial charge in [0, 0.05) is 22.5 Å². The first-order chi connectivity index (χ1) is 9.10. The zero-order valence-corrected chi connectivity index (χ0v) is 13.3. The number of aliphatic carboxylic acids is 1. The zero-order chi connectivity index (χ0) is 13.8. The summed E-state index contributed by atoms with van der Waals surface area (Å²) in [5, 5.41) is 9.12. The highest BCUT2D eigenvalue weighted by molar-refractivity contribution is 9.10. The van der Waals surface area contributed by atoms with E-state index >= 15 is 0 Å². The lowest BCUT2D eigenvalue weighted by atomic mass is 9.98. The van der Waals surface area contributed by atoms with Gasteiger partial charge in [0.25, 0.3) is 0 Å². The maximum Gasteiger partial charge on any atom is 0.307 e. The van der Waals surface area contributed by atoms with Gasteiger partial charge in [-0.1, -0.05) is 22.0 Å². The lowest BCUT2D eigenvalue weighted by molar-refractivity contribution is -0.143. The van der Waals surface area contributed by atoms with E-state index in [1.54, 1.807) is 11.8 Å². The minimum atomic E-state index is -0.661. The lowest BCUT2D eigenvalue weighted by Crippen LogP contribution is -2.38. The molecule has 1 N–H and O–H groups in total. The predicted octanol–water partition coefficient (Wildman–Crippen LogP) is 3.47. The van der Waals surface area contributed by atoms with Gasteiger partial charge in [-0.2, -0.15) is 0 Å². The van der Waals surface area contributed by atoms with E-state index in [9.17, 15) is 4.79 Å². The minimum absolute atomic E-state index is 0.207. The van der Waals surface area contributed by atoms with Crippen molar-refractivity contribution in [1.82, 2.24) is 4.90 Å². The molecule has 1 heterocycles. The highest BCUT2D eigenvalue weighted by atomic mass is 79.9. The average molecular weight is 344 g/mol.